The molecule has 0 aliphatic carbocycles. The van der Waals surface area contributed by atoms with Crippen LogP contribution in [0.2, 0.25) is 0 Å². The average molecular weight is 331 g/mol. The first kappa shape index (κ1) is 13.3. The minimum atomic E-state index is -1.24. The summed E-state index contributed by atoms with van der Waals surface area (Å²) in [7, 11) is 1.32. The SMILES string of the molecule is COc1cc(Br)c(F)c(-c2cc(C(=O)O)[nH]n2)c1O. The first-order chi connectivity index (χ1) is 8.95. The van der Waals surface area contributed by atoms with Crippen molar-refractivity contribution in [1.29, 1.82) is 0 Å². The van der Waals surface area contributed by atoms with E-state index in [1.54, 1.807) is 0 Å². The minimum Gasteiger partial charge on any atom is -0.504 e. The Morgan fingerprint density at radius 2 is 2.21 bits per heavy atom. The fourth-order valence-electron chi connectivity index (χ4n) is 1.54. The number of aromatic amines is 1. The highest BCUT2D eigenvalue weighted by molar-refractivity contribution is 9.10. The summed E-state index contributed by atoms with van der Waals surface area (Å²) in [6.45, 7) is 0. The summed E-state index contributed by atoms with van der Waals surface area (Å²) in [5, 5.41) is 24.6. The van der Waals surface area contributed by atoms with Crippen LogP contribution in [0.1, 0.15) is 10.5 Å². The molecule has 0 atom stereocenters. The number of phenols is 1. The maximum absolute atomic E-state index is 14.0. The smallest absolute Gasteiger partial charge is 0.353 e. The van der Waals surface area contributed by atoms with E-state index in [0.29, 0.717) is 0 Å². The second-order valence-electron chi connectivity index (χ2n) is 3.57. The molecule has 19 heavy (non-hydrogen) atoms. The number of phenolic OH excluding ortho intramolecular Hbond substituents is 1. The van der Waals surface area contributed by atoms with E-state index in [2.05, 4.69) is 26.1 Å². The Labute approximate surface area is 115 Å². The Bertz CT molecular complexity index is 656. The number of ether oxygens (including phenoxy) is 1. The van der Waals surface area contributed by atoms with Crippen molar-refractivity contribution in [3.63, 3.8) is 0 Å². The zero-order valence-corrected chi connectivity index (χ0v) is 11.2. The molecule has 2 rings (SSSR count). The number of aromatic hydroxyl groups is 1. The average Bonchev–Trinajstić information content (AvgIpc) is 2.83. The molecular formula is C11H8BrFN2O4. The van der Waals surface area contributed by atoms with Gasteiger partial charge in [0, 0.05) is 6.07 Å². The summed E-state index contributed by atoms with van der Waals surface area (Å²) in [6.07, 6.45) is 0. The molecule has 0 bridgehead atoms. The van der Waals surface area contributed by atoms with Crippen LogP contribution < -0.4 is 4.74 Å². The van der Waals surface area contributed by atoms with Crippen LogP contribution in [0.4, 0.5) is 4.39 Å². The van der Waals surface area contributed by atoms with E-state index in [4.69, 9.17) is 9.84 Å². The zero-order valence-electron chi connectivity index (χ0n) is 9.57. The van der Waals surface area contributed by atoms with Gasteiger partial charge in [0.1, 0.15) is 5.69 Å². The highest BCUT2D eigenvalue weighted by Gasteiger charge is 2.22. The van der Waals surface area contributed by atoms with Crippen LogP contribution in [0, 0.1) is 5.82 Å². The molecule has 100 valence electrons. The van der Waals surface area contributed by atoms with Gasteiger partial charge in [-0.1, -0.05) is 0 Å². The van der Waals surface area contributed by atoms with Gasteiger partial charge >= 0.3 is 5.97 Å². The van der Waals surface area contributed by atoms with Gasteiger partial charge in [-0.05, 0) is 22.0 Å². The molecule has 0 spiro atoms. The number of carboxylic acids is 1. The summed E-state index contributed by atoms with van der Waals surface area (Å²) >= 11 is 2.98. The first-order valence-electron chi connectivity index (χ1n) is 4.99. The lowest BCUT2D eigenvalue weighted by Crippen LogP contribution is -1.95. The Morgan fingerprint density at radius 1 is 1.53 bits per heavy atom. The van der Waals surface area contributed by atoms with E-state index in [1.807, 2.05) is 0 Å². The first-order valence-corrected chi connectivity index (χ1v) is 5.79. The lowest BCUT2D eigenvalue weighted by atomic mass is 10.1. The molecule has 1 aromatic heterocycles. The highest BCUT2D eigenvalue weighted by Crippen LogP contribution is 2.41. The van der Waals surface area contributed by atoms with E-state index < -0.39 is 17.5 Å². The number of nitrogens with one attached hydrogen (secondary N) is 1. The van der Waals surface area contributed by atoms with Crippen LogP contribution in [0.15, 0.2) is 16.6 Å². The number of H-pyrrole nitrogens is 1. The number of hydrogen-bond donors (Lipinski definition) is 3. The molecule has 0 saturated carbocycles. The number of carboxylic acid groups (broad SMARTS) is 1. The molecule has 1 aromatic carbocycles. The lowest BCUT2D eigenvalue weighted by molar-refractivity contribution is 0.0690. The largest absolute Gasteiger partial charge is 0.504 e. The molecule has 1 heterocycles. The number of aromatic carboxylic acids is 1. The minimum absolute atomic E-state index is 0.0352. The molecule has 8 heteroatoms. The summed E-state index contributed by atoms with van der Waals surface area (Å²) in [6, 6.07) is 2.38. The van der Waals surface area contributed by atoms with Crippen LogP contribution >= 0.6 is 15.9 Å². The Balaban J connectivity index is 2.66. The second-order valence-corrected chi connectivity index (χ2v) is 4.42. The van der Waals surface area contributed by atoms with Crippen LogP contribution in [-0.2, 0) is 0 Å². The number of rotatable bonds is 3. The van der Waals surface area contributed by atoms with Crippen molar-refractivity contribution in [2.45, 2.75) is 0 Å². The number of benzene rings is 1. The maximum Gasteiger partial charge on any atom is 0.353 e. The molecule has 0 unspecified atom stereocenters. The van der Waals surface area contributed by atoms with Gasteiger partial charge in [0.05, 0.1) is 22.8 Å². The van der Waals surface area contributed by atoms with Crippen molar-refractivity contribution in [2.24, 2.45) is 0 Å². The van der Waals surface area contributed by atoms with Gasteiger partial charge in [0.15, 0.2) is 17.3 Å². The fraction of sp³-hybridized carbons (Fsp3) is 0.0909. The monoisotopic (exact) mass is 330 g/mol. The highest BCUT2D eigenvalue weighted by atomic mass is 79.9. The molecule has 3 N–H and O–H groups in total. The topological polar surface area (TPSA) is 95.4 Å². The van der Waals surface area contributed by atoms with Gasteiger partial charge in [-0.2, -0.15) is 5.10 Å². The van der Waals surface area contributed by atoms with Gasteiger partial charge in [0.25, 0.3) is 0 Å². The molecule has 0 radical (unpaired) electrons. The zero-order chi connectivity index (χ0) is 14.2. The maximum atomic E-state index is 14.0. The summed E-state index contributed by atoms with van der Waals surface area (Å²) in [5.74, 6) is -2.41. The fourth-order valence-corrected chi connectivity index (χ4v) is 1.95. The Hall–Kier alpha value is -2.09. The van der Waals surface area contributed by atoms with Crippen molar-refractivity contribution < 1.29 is 24.1 Å². The van der Waals surface area contributed by atoms with E-state index in [0.717, 1.165) is 6.07 Å². The van der Waals surface area contributed by atoms with Gasteiger partial charge in [-0.25, -0.2) is 9.18 Å². The van der Waals surface area contributed by atoms with Crippen LogP contribution in [0.5, 0.6) is 11.5 Å². The van der Waals surface area contributed by atoms with Crippen molar-refractivity contribution >= 4 is 21.9 Å². The van der Waals surface area contributed by atoms with Gasteiger partial charge in [0.2, 0.25) is 0 Å². The predicted octanol–water partition coefficient (Wildman–Crippen LogP) is 2.39. The number of carbonyl (C=O) groups is 1. The van der Waals surface area contributed by atoms with Crippen LogP contribution in [0.25, 0.3) is 11.3 Å². The van der Waals surface area contributed by atoms with E-state index >= 15 is 0 Å². The normalized spacial score (nSPS) is 10.5. The Morgan fingerprint density at radius 3 is 2.74 bits per heavy atom. The molecule has 6 nitrogen and oxygen atoms in total. The molecule has 2 aromatic rings. The molecule has 0 saturated heterocycles. The third-order valence-corrected chi connectivity index (χ3v) is 3.02. The molecule has 0 amide bonds. The second kappa shape index (κ2) is 4.88. The van der Waals surface area contributed by atoms with Gasteiger partial charge in [-0.3, -0.25) is 5.10 Å². The lowest BCUT2D eigenvalue weighted by Gasteiger charge is -2.09. The molecular weight excluding hydrogens is 323 g/mol. The predicted molar refractivity (Wildman–Crippen MR) is 66.9 cm³/mol. The van der Waals surface area contributed by atoms with E-state index in [-0.39, 0.29) is 27.2 Å². The number of methoxy groups -OCH3 is 1. The molecule has 0 aliphatic rings. The number of aromatic nitrogens is 2. The third kappa shape index (κ3) is 2.26. The quantitative estimate of drug-likeness (QED) is 0.803. The standard InChI is InChI=1S/C11H8BrFN2O4/c1-19-7-2-4(12)9(13)8(10(7)16)5-3-6(11(17)18)15-14-5/h2-3,16H,1H3,(H,14,15)(H,17,18). The third-order valence-electron chi connectivity index (χ3n) is 2.44. The summed E-state index contributed by atoms with van der Waals surface area (Å²) in [4.78, 5) is 10.7. The van der Waals surface area contributed by atoms with Crippen LogP contribution in [-0.4, -0.2) is 33.5 Å². The van der Waals surface area contributed by atoms with Crippen molar-refractivity contribution in [3.8, 4) is 22.8 Å². The number of hydrogen-bond acceptors (Lipinski definition) is 4. The van der Waals surface area contributed by atoms with Gasteiger partial charge < -0.3 is 14.9 Å². The molecule has 0 aliphatic heterocycles. The number of halogens is 2. The van der Waals surface area contributed by atoms with Crippen LogP contribution in [0.3, 0.4) is 0 Å². The summed E-state index contributed by atoms with van der Waals surface area (Å²) in [5.41, 5.74) is -0.491. The number of nitrogens with zero attached hydrogens (tertiary/aromatic N) is 1. The molecule has 0 fully saturated rings. The summed E-state index contributed by atoms with van der Waals surface area (Å²) < 4.78 is 19.0. The van der Waals surface area contributed by atoms with Crippen molar-refractivity contribution in [1.82, 2.24) is 10.2 Å². The van der Waals surface area contributed by atoms with Crippen molar-refractivity contribution in [3.05, 3.63) is 28.1 Å². The van der Waals surface area contributed by atoms with Gasteiger partial charge in [-0.15, -0.1) is 0 Å². The van der Waals surface area contributed by atoms with Crippen molar-refractivity contribution in [2.75, 3.05) is 7.11 Å². The Kier molecular flexibility index (Phi) is 3.43. The van der Waals surface area contributed by atoms with E-state index in [1.165, 1.54) is 13.2 Å². The van der Waals surface area contributed by atoms with E-state index in [9.17, 15) is 14.3 Å².